The third-order valence-electron chi connectivity index (χ3n) is 2.33. The van der Waals surface area contributed by atoms with Gasteiger partial charge in [-0.05, 0) is 43.8 Å². The predicted octanol–water partition coefficient (Wildman–Crippen LogP) is 3.26. The lowest BCUT2D eigenvalue weighted by molar-refractivity contribution is 0.321. The molecule has 0 heterocycles. The summed E-state index contributed by atoms with van der Waals surface area (Å²) >= 11 is 3.46. The zero-order valence-electron chi connectivity index (χ0n) is 9.46. The third-order valence-corrected chi connectivity index (χ3v) is 2.78. The van der Waals surface area contributed by atoms with E-state index in [0.29, 0.717) is 0 Å². The second kappa shape index (κ2) is 6.13. The Morgan fingerprint density at radius 1 is 1.33 bits per heavy atom. The topological polar surface area (TPSA) is 29.3 Å². The van der Waals surface area contributed by atoms with E-state index in [1.807, 2.05) is 12.1 Å². The SMILES string of the molecule is CCCCN(C)Cc1cc(N)cc(Br)c1. The van der Waals surface area contributed by atoms with Gasteiger partial charge in [0, 0.05) is 16.7 Å². The standard InChI is InChI=1S/C12H19BrN2/c1-3-4-5-15(2)9-10-6-11(13)8-12(14)7-10/h6-8H,3-5,9,14H2,1-2H3. The molecule has 0 unspecified atom stereocenters. The number of nitrogens with two attached hydrogens (primary N) is 1. The normalized spacial score (nSPS) is 10.9. The van der Waals surface area contributed by atoms with E-state index in [9.17, 15) is 0 Å². The van der Waals surface area contributed by atoms with Crippen LogP contribution in [0.1, 0.15) is 25.3 Å². The minimum atomic E-state index is 0.822. The number of rotatable bonds is 5. The Hall–Kier alpha value is -0.540. The van der Waals surface area contributed by atoms with Crippen molar-refractivity contribution in [1.29, 1.82) is 0 Å². The maximum Gasteiger partial charge on any atom is 0.0328 e. The van der Waals surface area contributed by atoms with E-state index >= 15 is 0 Å². The molecule has 0 spiro atoms. The van der Waals surface area contributed by atoms with Gasteiger partial charge in [0.2, 0.25) is 0 Å². The maximum absolute atomic E-state index is 5.79. The van der Waals surface area contributed by atoms with Gasteiger partial charge in [0.15, 0.2) is 0 Å². The molecule has 84 valence electrons. The Bertz CT molecular complexity index is 292. The second-order valence-corrected chi connectivity index (χ2v) is 4.90. The molecular formula is C12H19BrN2. The largest absolute Gasteiger partial charge is 0.399 e. The Labute approximate surface area is 101 Å². The molecule has 1 aromatic rings. The quantitative estimate of drug-likeness (QED) is 0.833. The van der Waals surface area contributed by atoms with Crippen molar-refractivity contribution in [3.63, 3.8) is 0 Å². The molecule has 0 aromatic heterocycles. The summed E-state index contributed by atoms with van der Waals surface area (Å²) in [6, 6.07) is 6.08. The van der Waals surface area contributed by atoms with E-state index in [0.717, 1.165) is 23.2 Å². The molecule has 2 nitrogen and oxygen atoms in total. The lowest BCUT2D eigenvalue weighted by Gasteiger charge is -2.16. The molecule has 0 fully saturated rings. The fourth-order valence-corrected chi connectivity index (χ4v) is 2.14. The molecule has 0 saturated carbocycles. The molecule has 2 N–H and O–H groups in total. The summed E-state index contributed by atoms with van der Waals surface area (Å²) in [4.78, 5) is 2.32. The van der Waals surface area contributed by atoms with Gasteiger partial charge >= 0.3 is 0 Å². The molecule has 1 rings (SSSR count). The predicted molar refractivity (Wildman–Crippen MR) is 69.8 cm³/mol. The minimum absolute atomic E-state index is 0.822. The van der Waals surface area contributed by atoms with E-state index in [4.69, 9.17) is 5.73 Å². The first-order chi connectivity index (χ1) is 7.11. The zero-order valence-corrected chi connectivity index (χ0v) is 11.0. The average molecular weight is 271 g/mol. The number of benzene rings is 1. The van der Waals surface area contributed by atoms with E-state index in [1.165, 1.54) is 18.4 Å². The molecule has 0 aliphatic heterocycles. The number of nitrogen functional groups attached to an aromatic ring is 1. The number of hydrogen-bond acceptors (Lipinski definition) is 2. The fourth-order valence-electron chi connectivity index (χ4n) is 1.59. The van der Waals surface area contributed by atoms with Crippen LogP contribution >= 0.6 is 15.9 Å². The van der Waals surface area contributed by atoms with Crippen molar-refractivity contribution < 1.29 is 0 Å². The zero-order chi connectivity index (χ0) is 11.3. The summed E-state index contributed by atoms with van der Waals surface area (Å²) in [6.07, 6.45) is 2.49. The van der Waals surface area contributed by atoms with E-state index in [1.54, 1.807) is 0 Å². The van der Waals surface area contributed by atoms with Crippen molar-refractivity contribution in [3.8, 4) is 0 Å². The van der Waals surface area contributed by atoms with Crippen LogP contribution in [-0.4, -0.2) is 18.5 Å². The van der Waals surface area contributed by atoms with Crippen LogP contribution in [-0.2, 0) is 6.54 Å². The molecule has 0 amide bonds. The highest BCUT2D eigenvalue weighted by atomic mass is 79.9. The van der Waals surface area contributed by atoms with Crippen LogP contribution in [0, 0.1) is 0 Å². The summed E-state index contributed by atoms with van der Waals surface area (Å²) in [7, 11) is 2.15. The fraction of sp³-hybridized carbons (Fsp3) is 0.500. The molecule has 0 aliphatic carbocycles. The smallest absolute Gasteiger partial charge is 0.0328 e. The molecule has 0 bridgehead atoms. The van der Waals surface area contributed by atoms with Crippen LogP contribution in [0.2, 0.25) is 0 Å². The van der Waals surface area contributed by atoms with Gasteiger partial charge < -0.3 is 10.6 Å². The maximum atomic E-state index is 5.79. The third kappa shape index (κ3) is 4.67. The first-order valence-electron chi connectivity index (χ1n) is 5.35. The van der Waals surface area contributed by atoms with Crippen LogP contribution in [0.3, 0.4) is 0 Å². The Kier molecular flexibility index (Phi) is 5.12. The van der Waals surface area contributed by atoms with E-state index < -0.39 is 0 Å². The molecule has 0 saturated heterocycles. The molecule has 0 atom stereocenters. The van der Waals surface area contributed by atoms with Gasteiger partial charge in [-0.25, -0.2) is 0 Å². The second-order valence-electron chi connectivity index (χ2n) is 3.98. The van der Waals surface area contributed by atoms with Gasteiger partial charge in [-0.3, -0.25) is 0 Å². The van der Waals surface area contributed by atoms with Crippen molar-refractivity contribution in [3.05, 3.63) is 28.2 Å². The van der Waals surface area contributed by atoms with E-state index in [-0.39, 0.29) is 0 Å². The van der Waals surface area contributed by atoms with Crippen LogP contribution in [0.15, 0.2) is 22.7 Å². The highest BCUT2D eigenvalue weighted by Crippen LogP contribution is 2.18. The number of anilines is 1. The van der Waals surface area contributed by atoms with Crippen molar-refractivity contribution in [2.45, 2.75) is 26.3 Å². The number of nitrogens with zero attached hydrogens (tertiary/aromatic N) is 1. The van der Waals surface area contributed by atoms with Crippen molar-refractivity contribution in [1.82, 2.24) is 4.90 Å². The van der Waals surface area contributed by atoms with E-state index in [2.05, 4.69) is 40.9 Å². The summed E-state index contributed by atoms with van der Waals surface area (Å²) in [5, 5.41) is 0. The summed E-state index contributed by atoms with van der Waals surface area (Å²) in [6.45, 7) is 4.32. The van der Waals surface area contributed by atoms with Gasteiger partial charge in [-0.15, -0.1) is 0 Å². The van der Waals surface area contributed by atoms with Crippen molar-refractivity contribution >= 4 is 21.6 Å². The number of unbranched alkanes of at least 4 members (excludes halogenated alkanes) is 1. The van der Waals surface area contributed by atoms with Gasteiger partial charge in [0.25, 0.3) is 0 Å². The highest BCUT2D eigenvalue weighted by Gasteiger charge is 2.01. The van der Waals surface area contributed by atoms with Crippen LogP contribution < -0.4 is 5.73 Å². The van der Waals surface area contributed by atoms with Gasteiger partial charge in [-0.2, -0.15) is 0 Å². The molecule has 15 heavy (non-hydrogen) atoms. The molecule has 3 heteroatoms. The van der Waals surface area contributed by atoms with Gasteiger partial charge in [0.05, 0.1) is 0 Å². The first-order valence-corrected chi connectivity index (χ1v) is 6.14. The monoisotopic (exact) mass is 270 g/mol. The summed E-state index contributed by atoms with van der Waals surface area (Å²) < 4.78 is 1.06. The Morgan fingerprint density at radius 3 is 2.67 bits per heavy atom. The number of hydrogen-bond donors (Lipinski definition) is 1. The van der Waals surface area contributed by atoms with Crippen LogP contribution in [0.25, 0.3) is 0 Å². The van der Waals surface area contributed by atoms with Gasteiger partial charge in [0.1, 0.15) is 0 Å². The molecule has 0 aliphatic rings. The van der Waals surface area contributed by atoms with Gasteiger partial charge in [-0.1, -0.05) is 29.3 Å². The Balaban J connectivity index is 2.56. The molecular weight excluding hydrogens is 252 g/mol. The first kappa shape index (κ1) is 12.5. The lowest BCUT2D eigenvalue weighted by Crippen LogP contribution is -2.18. The van der Waals surface area contributed by atoms with Crippen LogP contribution in [0.5, 0.6) is 0 Å². The minimum Gasteiger partial charge on any atom is -0.399 e. The summed E-state index contributed by atoms with van der Waals surface area (Å²) in [5.74, 6) is 0. The van der Waals surface area contributed by atoms with Crippen molar-refractivity contribution in [2.24, 2.45) is 0 Å². The molecule has 0 radical (unpaired) electrons. The Morgan fingerprint density at radius 2 is 2.07 bits per heavy atom. The highest BCUT2D eigenvalue weighted by molar-refractivity contribution is 9.10. The van der Waals surface area contributed by atoms with Crippen molar-refractivity contribution in [2.75, 3.05) is 19.3 Å². The number of halogens is 1. The lowest BCUT2D eigenvalue weighted by atomic mass is 10.2. The van der Waals surface area contributed by atoms with Crippen LogP contribution in [0.4, 0.5) is 5.69 Å². The summed E-state index contributed by atoms with van der Waals surface area (Å²) in [5.41, 5.74) is 7.87. The average Bonchev–Trinajstić information content (AvgIpc) is 2.13. The molecule has 1 aromatic carbocycles.